The van der Waals surface area contributed by atoms with Gasteiger partial charge in [0.15, 0.2) is 6.29 Å². The molecule has 0 aliphatic carbocycles. The standard InChI is InChI=1S/C10H20N2O4/c1-2-10(5-13)6-15-9(16-7-10)4-3-8(14)12-11/h9,13H,2-7,11H2,1H3,(H,12,14). The molecule has 0 saturated carbocycles. The van der Waals surface area contributed by atoms with Crippen LogP contribution in [-0.2, 0) is 14.3 Å². The lowest BCUT2D eigenvalue weighted by molar-refractivity contribution is -0.239. The number of amides is 1. The Kier molecular flexibility index (Phi) is 5.14. The summed E-state index contributed by atoms with van der Waals surface area (Å²) in [6.07, 6.45) is 1.19. The summed E-state index contributed by atoms with van der Waals surface area (Å²) in [6.45, 7) is 2.98. The third-order valence-electron chi connectivity index (χ3n) is 3.00. The van der Waals surface area contributed by atoms with E-state index < -0.39 is 0 Å². The SMILES string of the molecule is CCC1(CO)COC(CCC(=O)NN)OC1. The molecular formula is C10H20N2O4. The Bertz CT molecular complexity index is 221. The molecule has 0 radical (unpaired) electrons. The van der Waals surface area contributed by atoms with E-state index >= 15 is 0 Å². The maximum absolute atomic E-state index is 10.9. The van der Waals surface area contributed by atoms with Crippen molar-refractivity contribution in [3.8, 4) is 0 Å². The largest absolute Gasteiger partial charge is 0.396 e. The molecule has 1 heterocycles. The summed E-state index contributed by atoms with van der Waals surface area (Å²) in [6, 6.07) is 0. The van der Waals surface area contributed by atoms with Gasteiger partial charge in [-0.2, -0.15) is 0 Å². The highest BCUT2D eigenvalue weighted by molar-refractivity contribution is 5.75. The van der Waals surface area contributed by atoms with Gasteiger partial charge in [0.2, 0.25) is 5.91 Å². The molecule has 0 atom stereocenters. The molecule has 1 fully saturated rings. The Hall–Kier alpha value is -0.690. The van der Waals surface area contributed by atoms with Crippen LogP contribution in [0.5, 0.6) is 0 Å². The molecule has 1 rings (SSSR count). The first-order valence-corrected chi connectivity index (χ1v) is 5.49. The number of aliphatic hydroxyl groups is 1. The predicted octanol–water partition coefficient (Wildman–Crippen LogP) is -0.482. The quantitative estimate of drug-likeness (QED) is 0.338. The van der Waals surface area contributed by atoms with Gasteiger partial charge in [0.05, 0.1) is 19.8 Å². The lowest BCUT2D eigenvalue weighted by Gasteiger charge is -2.38. The average Bonchev–Trinajstić information content (AvgIpc) is 2.36. The number of hydrazine groups is 1. The molecule has 1 aliphatic heterocycles. The number of hydrogen-bond acceptors (Lipinski definition) is 5. The number of hydrogen-bond donors (Lipinski definition) is 3. The molecule has 0 spiro atoms. The fourth-order valence-corrected chi connectivity index (χ4v) is 1.52. The van der Waals surface area contributed by atoms with Crippen LogP contribution in [0.1, 0.15) is 26.2 Å². The normalized spacial score (nSPS) is 30.1. The Balaban J connectivity index is 2.29. The second-order valence-corrected chi connectivity index (χ2v) is 4.17. The van der Waals surface area contributed by atoms with Gasteiger partial charge in [-0.25, -0.2) is 5.84 Å². The lowest BCUT2D eigenvalue weighted by atomic mass is 9.87. The number of nitrogens with two attached hydrogens (primary N) is 1. The monoisotopic (exact) mass is 232 g/mol. The first kappa shape index (κ1) is 13.4. The third kappa shape index (κ3) is 3.41. The fraction of sp³-hybridized carbons (Fsp3) is 0.900. The zero-order chi connectivity index (χ0) is 12.0. The van der Waals surface area contributed by atoms with Gasteiger partial charge in [-0.05, 0) is 6.42 Å². The molecule has 1 aliphatic rings. The van der Waals surface area contributed by atoms with Crippen molar-refractivity contribution in [2.75, 3.05) is 19.8 Å². The highest BCUT2D eigenvalue weighted by Gasteiger charge is 2.34. The van der Waals surface area contributed by atoms with Gasteiger partial charge in [0.1, 0.15) is 0 Å². The van der Waals surface area contributed by atoms with Crippen molar-refractivity contribution < 1.29 is 19.4 Å². The number of nitrogens with one attached hydrogen (secondary N) is 1. The number of rotatable bonds is 5. The second-order valence-electron chi connectivity index (χ2n) is 4.17. The van der Waals surface area contributed by atoms with Crippen molar-refractivity contribution in [1.82, 2.24) is 5.43 Å². The van der Waals surface area contributed by atoms with E-state index in [-0.39, 0.29) is 30.6 Å². The summed E-state index contributed by atoms with van der Waals surface area (Å²) in [5.41, 5.74) is 1.77. The predicted molar refractivity (Wildman–Crippen MR) is 57.1 cm³/mol. The maximum Gasteiger partial charge on any atom is 0.234 e. The summed E-state index contributed by atoms with van der Waals surface area (Å²) in [5.74, 6) is 4.73. The van der Waals surface area contributed by atoms with Crippen LogP contribution in [0, 0.1) is 5.41 Å². The molecule has 1 saturated heterocycles. The van der Waals surface area contributed by atoms with Crippen molar-refractivity contribution in [3.63, 3.8) is 0 Å². The van der Waals surface area contributed by atoms with Crippen LogP contribution < -0.4 is 11.3 Å². The Labute approximate surface area is 95.1 Å². The van der Waals surface area contributed by atoms with Crippen LogP contribution in [0.25, 0.3) is 0 Å². The van der Waals surface area contributed by atoms with Crippen molar-refractivity contribution in [2.24, 2.45) is 11.3 Å². The van der Waals surface area contributed by atoms with E-state index in [0.717, 1.165) is 6.42 Å². The van der Waals surface area contributed by atoms with Crippen LogP contribution in [-0.4, -0.2) is 37.1 Å². The number of carbonyl (C=O) groups excluding carboxylic acids is 1. The first-order valence-electron chi connectivity index (χ1n) is 5.49. The van der Waals surface area contributed by atoms with Gasteiger partial charge in [-0.15, -0.1) is 0 Å². The first-order chi connectivity index (χ1) is 7.65. The highest BCUT2D eigenvalue weighted by Crippen LogP contribution is 2.28. The molecule has 6 nitrogen and oxygen atoms in total. The van der Waals surface area contributed by atoms with Crippen molar-refractivity contribution in [3.05, 3.63) is 0 Å². The van der Waals surface area contributed by atoms with Gasteiger partial charge in [0.25, 0.3) is 0 Å². The Morgan fingerprint density at radius 1 is 1.56 bits per heavy atom. The van der Waals surface area contributed by atoms with Gasteiger partial charge >= 0.3 is 0 Å². The van der Waals surface area contributed by atoms with Crippen molar-refractivity contribution in [1.29, 1.82) is 0 Å². The molecule has 0 aromatic heterocycles. The minimum atomic E-state index is -0.372. The Morgan fingerprint density at radius 3 is 2.62 bits per heavy atom. The van der Waals surface area contributed by atoms with Crippen LogP contribution in [0.2, 0.25) is 0 Å². The summed E-state index contributed by atoms with van der Waals surface area (Å²) in [5, 5.41) is 9.24. The fourth-order valence-electron chi connectivity index (χ4n) is 1.52. The van der Waals surface area contributed by atoms with Crippen LogP contribution in [0.3, 0.4) is 0 Å². The number of ether oxygens (including phenoxy) is 2. The van der Waals surface area contributed by atoms with Gasteiger partial charge in [-0.1, -0.05) is 6.92 Å². The molecule has 0 aromatic carbocycles. The van der Waals surface area contributed by atoms with Crippen LogP contribution in [0.15, 0.2) is 0 Å². The summed E-state index contributed by atoms with van der Waals surface area (Å²) < 4.78 is 10.9. The van der Waals surface area contributed by atoms with Gasteiger partial charge in [0, 0.05) is 18.3 Å². The summed E-state index contributed by atoms with van der Waals surface area (Å²) in [7, 11) is 0. The van der Waals surface area contributed by atoms with Crippen molar-refractivity contribution >= 4 is 5.91 Å². The molecule has 16 heavy (non-hydrogen) atoms. The molecule has 0 aromatic rings. The van der Waals surface area contributed by atoms with Crippen molar-refractivity contribution in [2.45, 2.75) is 32.5 Å². The number of carbonyl (C=O) groups is 1. The van der Waals surface area contributed by atoms with E-state index in [0.29, 0.717) is 19.6 Å². The third-order valence-corrected chi connectivity index (χ3v) is 3.00. The summed E-state index contributed by atoms with van der Waals surface area (Å²) >= 11 is 0. The molecule has 94 valence electrons. The van der Waals surface area contributed by atoms with Gasteiger partial charge < -0.3 is 14.6 Å². The zero-order valence-electron chi connectivity index (χ0n) is 9.57. The molecule has 0 unspecified atom stereocenters. The van der Waals surface area contributed by atoms with E-state index in [1.165, 1.54) is 0 Å². The molecular weight excluding hydrogens is 212 g/mol. The second kappa shape index (κ2) is 6.15. The highest BCUT2D eigenvalue weighted by atomic mass is 16.7. The van der Waals surface area contributed by atoms with Crippen LogP contribution in [0.4, 0.5) is 0 Å². The molecule has 4 N–H and O–H groups in total. The number of aliphatic hydroxyl groups excluding tert-OH is 1. The van der Waals surface area contributed by atoms with Gasteiger partial charge in [-0.3, -0.25) is 10.2 Å². The van der Waals surface area contributed by atoms with E-state index in [9.17, 15) is 9.90 Å². The van der Waals surface area contributed by atoms with Crippen LogP contribution >= 0.6 is 0 Å². The minimum Gasteiger partial charge on any atom is -0.396 e. The summed E-state index contributed by atoms with van der Waals surface area (Å²) in [4.78, 5) is 10.9. The Morgan fingerprint density at radius 2 is 2.19 bits per heavy atom. The van der Waals surface area contributed by atoms with E-state index in [1.54, 1.807) is 0 Å². The van der Waals surface area contributed by atoms with E-state index in [2.05, 4.69) is 5.43 Å². The minimum absolute atomic E-state index is 0.0551. The molecule has 1 amide bonds. The zero-order valence-corrected chi connectivity index (χ0v) is 9.57. The molecule has 0 bridgehead atoms. The lowest BCUT2D eigenvalue weighted by Crippen LogP contribution is -2.44. The smallest absolute Gasteiger partial charge is 0.234 e. The maximum atomic E-state index is 10.9. The average molecular weight is 232 g/mol. The topological polar surface area (TPSA) is 93.8 Å². The van der Waals surface area contributed by atoms with E-state index in [4.69, 9.17) is 15.3 Å². The molecule has 6 heteroatoms. The van der Waals surface area contributed by atoms with E-state index in [1.807, 2.05) is 6.92 Å².